The highest BCUT2D eigenvalue weighted by Gasteiger charge is 2.49. The summed E-state index contributed by atoms with van der Waals surface area (Å²) >= 11 is 0. The molecule has 1 aliphatic heterocycles. The number of benzene rings is 3. The van der Waals surface area contributed by atoms with Crippen LogP contribution in [0.5, 0.6) is 0 Å². The van der Waals surface area contributed by atoms with Crippen molar-refractivity contribution in [3.8, 4) is 0 Å². The average molecular weight is 486 g/mol. The number of nitrogens with one attached hydrogen (secondary N) is 1. The van der Waals surface area contributed by atoms with Crippen LogP contribution >= 0.6 is 0 Å². The van der Waals surface area contributed by atoms with Crippen LogP contribution in [0.3, 0.4) is 0 Å². The number of aromatic nitrogens is 2. The number of aromatic amines is 1. The Morgan fingerprint density at radius 1 is 0.806 bits per heavy atom. The molecule has 0 bridgehead atoms. The minimum absolute atomic E-state index is 0.199. The van der Waals surface area contributed by atoms with E-state index < -0.39 is 41.2 Å². The van der Waals surface area contributed by atoms with E-state index in [9.17, 15) is 19.8 Å². The largest absolute Gasteiger partial charge is 0.393 e. The normalized spacial score (nSPS) is 21.9. The molecule has 184 valence electrons. The van der Waals surface area contributed by atoms with Crippen molar-refractivity contribution in [2.75, 3.05) is 5.73 Å². The summed E-state index contributed by atoms with van der Waals surface area (Å²) in [5.41, 5.74) is 6.22. The highest BCUT2D eigenvalue weighted by atomic mass is 16.6. The van der Waals surface area contributed by atoms with Crippen molar-refractivity contribution in [1.29, 1.82) is 0 Å². The Labute approximate surface area is 207 Å². The Hall–Kier alpha value is -3.98. The van der Waals surface area contributed by atoms with E-state index in [0.29, 0.717) is 0 Å². The van der Waals surface area contributed by atoms with E-state index in [4.69, 9.17) is 10.5 Å². The average Bonchev–Trinajstić information content (AvgIpc) is 3.19. The number of nitrogen functional groups attached to an aromatic ring is 1. The fourth-order valence-corrected chi connectivity index (χ4v) is 5.14. The number of hydrogen-bond donors (Lipinski definition) is 4. The molecule has 8 nitrogen and oxygen atoms in total. The lowest BCUT2D eigenvalue weighted by Gasteiger charge is -2.38. The Balaban J connectivity index is 1.63. The van der Waals surface area contributed by atoms with Gasteiger partial charge in [-0.15, -0.1) is 0 Å². The van der Waals surface area contributed by atoms with E-state index in [1.165, 1.54) is 0 Å². The number of aliphatic hydroxyl groups excluding tert-OH is 2. The molecule has 1 aromatic heterocycles. The van der Waals surface area contributed by atoms with E-state index in [1.54, 1.807) is 0 Å². The van der Waals surface area contributed by atoms with Crippen molar-refractivity contribution in [2.24, 2.45) is 0 Å². The van der Waals surface area contributed by atoms with Crippen molar-refractivity contribution < 1.29 is 14.9 Å². The minimum atomic E-state index is -1.42. The first-order valence-electron chi connectivity index (χ1n) is 11.7. The van der Waals surface area contributed by atoms with Crippen molar-refractivity contribution >= 4 is 5.69 Å². The van der Waals surface area contributed by atoms with Crippen molar-refractivity contribution in [2.45, 2.75) is 36.4 Å². The zero-order valence-corrected chi connectivity index (χ0v) is 19.4. The summed E-state index contributed by atoms with van der Waals surface area (Å²) in [7, 11) is 0. The van der Waals surface area contributed by atoms with E-state index in [1.807, 2.05) is 91.0 Å². The SMILES string of the molecule is Nc1cn([C@@H]2O[C@H](CC(c3ccccc3)(c3ccccc3)c3ccccc3)[C@@H](O)[C@@H]2O)c(=O)[nH]c1=O. The molecule has 0 saturated carbocycles. The van der Waals surface area contributed by atoms with Gasteiger partial charge in [-0.05, 0) is 23.1 Å². The van der Waals surface area contributed by atoms with Crippen LogP contribution in [0.4, 0.5) is 5.69 Å². The molecule has 0 radical (unpaired) electrons. The predicted molar refractivity (Wildman–Crippen MR) is 135 cm³/mol. The third kappa shape index (κ3) is 4.05. The van der Waals surface area contributed by atoms with Crippen LogP contribution in [0.1, 0.15) is 29.3 Å². The van der Waals surface area contributed by atoms with Crippen LogP contribution in [0, 0.1) is 0 Å². The van der Waals surface area contributed by atoms with Gasteiger partial charge in [0, 0.05) is 11.6 Å². The third-order valence-corrected chi connectivity index (χ3v) is 6.91. The molecule has 0 spiro atoms. The number of H-pyrrole nitrogens is 1. The Morgan fingerprint density at radius 3 is 1.75 bits per heavy atom. The molecule has 5 rings (SSSR count). The Morgan fingerprint density at radius 2 is 1.28 bits per heavy atom. The first kappa shape index (κ1) is 23.7. The van der Waals surface area contributed by atoms with E-state index in [0.717, 1.165) is 27.5 Å². The summed E-state index contributed by atoms with van der Waals surface area (Å²) in [5.74, 6) is 0. The smallest absolute Gasteiger partial charge is 0.330 e. The molecule has 8 heteroatoms. The van der Waals surface area contributed by atoms with Gasteiger partial charge in [0.1, 0.15) is 17.9 Å². The van der Waals surface area contributed by atoms with E-state index >= 15 is 0 Å². The molecule has 36 heavy (non-hydrogen) atoms. The van der Waals surface area contributed by atoms with Gasteiger partial charge in [0.15, 0.2) is 6.23 Å². The number of hydrogen-bond acceptors (Lipinski definition) is 6. The topological polar surface area (TPSA) is 131 Å². The van der Waals surface area contributed by atoms with Gasteiger partial charge in [-0.1, -0.05) is 91.0 Å². The molecular formula is C28H27N3O5. The molecule has 1 aliphatic rings. The maximum Gasteiger partial charge on any atom is 0.330 e. The number of anilines is 1. The van der Waals surface area contributed by atoms with Gasteiger partial charge in [-0.2, -0.15) is 0 Å². The van der Waals surface area contributed by atoms with Crippen LogP contribution in [0.15, 0.2) is 107 Å². The van der Waals surface area contributed by atoms with Gasteiger partial charge < -0.3 is 20.7 Å². The van der Waals surface area contributed by atoms with Crippen molar-refractivity contribution in [1.82, 2.24) is 9.55 Å². The van der Waals surface area contributed by atoms with Crippen molar-refractivity contribution in [3.63, 3.8) is 0 Å². The van der Waals surface area contributed by atoms with Gasteiger partial charge in [0.25, 0.3) is 5.56 Å². The summed E-state index contributed by atoms with van der Waals surface area (Å²) in [6, 6.07) is 29.8. The van der Waals surface area contributed by atoms with Crippen LogP contribution < -0.4 is 17.0 Å². The van der Waals surface area contributed by atoms with Crippen molar-refractivity contribution in [3.05, 3.63) is 135 Å². The maximum absolute atomic E-state index is 12.5. The van der Waals surface area contributed by atoms with Gasteiger partial charge in [0.05, 0.1) is 6.10 Å². The molecule has 0 aliphatic carbocycles. The molecule has 4 atom stereocenters. The number of nitrogens with two attached hydrogens (primary N) is 1. The van der Waals surface area contributed by atoms with Crippen LogP contribution in [0.2, 0.25) is 0 Å². The van der Waals surface area contributed by atoms with Gasteiger partial charge >= 0.3 is 5.69 Å². The monoisotopic (exact) mass is 485 g/mol. The second-order valence-electron chi connectivity index (χ2n) is 9.00. The molecule has 0 unspecified atom stereocenters. The highest BCUT2D eigenvalue weighted by molar-refractivity contribution is 5.50. The summed E-state index contributed by atoms with van der Waals surface area (Å²) < 4.78 is 7.17. The molecule has 1 fully saturated rings. The standard InChI is InChI=1S/C28H27N3O5/c29-21-17-31(27(35)30-25(21)34)26-24(33)23(32)22(36-26)16-28(18-10-4-1-5-11-18,19-12-6-2-7-13-19)20-14-8-3-9-15-20/h1-15,17,22-24,26,32-33H,16,29H2,(H,30,34,35)/t22-,23-,24+,26-/m1/s1. The Bertz CT molecular complexity index is 1340. The second-order valence-corrected chi connectivity index (χ2v) is 9.00. The summed E-state index contributed by atoms with van der Waals surface area (Å²) in [4.78, 5) is 26.3. The third-order valence-electron chi connectivity index (χ3n) is 6.91. The molecule has 1 saturated heterocycles. The minimum Gasteiger partial charge on any atom is -0.393 e. The number of ether oxygens (including phenoxy) is 1. The van der Waals surface area contributed by atoms with Gasteiger partial charge in [-0.3, -0.25) is 14.3 Å². The van der Waals surface area contributed by atoms with Crippen LogP contribution in [-0.2, 0) is 10.2 Å². The molecule has 3 aromatic carbocycles. The summed E-state index contributed by atoms with van der Waals surface area (Å²) in [6.45, 7) is 0. The lowest BCUT2D eigenvalue weighted by atomic mass is 9.66. The molecular weight excluding hydrogens is 458 g/mol. The quantitative estimate of drug-likeness (QED) is 0.310. The lowest BCUT2D eigenvalue weighted by Crippen LogP contribution is -2.40. The van der Waals surface area contributed by atoms with Gasteiger partial charge in [-0.25, -0.2) is 4.79 Å². The number of aliphatic hydroxyl groups is 2. The van der Waals surface area contributed by atoms with E-state index in [2.05, 4.69) is 4.98 Å². The fourth-order valence-electron chi connectivity index (χ4n) is 5.14. The molecule has 5 N–H and O–H groups in total. The number of nitrogens with zero attached hydrogens (tertiary/aromatic N) is 1. The van der Waals surface area contributed by atoms with Crippen LogP contribution in [-0.4, -0.2) is 38.1 Å². The zero-order chi connectivity index (χ0) is 25.3. The molecule has 2 heterocycles. The lowest BCUT2D eigenvalue weighted by molar-refractivity contribution is -0.0449. The predicted octanol–water partition coefficient (Wildman–Crippen LogP) is 2.16. The zero-order valence-electron chi connectivity index (χ0n) is 19.4. The van der Waals surface area contributed by atoms with E-state index in [-0.39, 0.29) is 12.1 Å². The van der Waals surface area contributed by atoms with Gasteiger partial charge in [0.2, 0.25) is 0 Å². The summed E-state index contributed by atoms with van der Waals surface area (Å²) in [5, 5.41) is 22.0. The maximum atomic E-state index is 12.5. The highest BCUT2D eigenvalue weighted by Crippen LogP contribution is 2.46. The van der Waals surface area contributed by atoms with Crippen LogP contribution in [0.25, 0.3) is 0 Å². The number of rotatable bonds is 6. The summed E-state index contributed by atoms with van der Waals surface area (Å²) in [6.07, 6.45) is -3.40. The first-order valence-corrected chi connectivity index (χ1v) is 11.7. The molecule has 4 aromatic rings. The first-order chi connectivity index (χ1) is 17.4. The molecule has 0 amide bonds. The second kappa shape index (κ2) is 9.58. The fraction of sp³-hybridized carbons (Fsp3) is 0.214. The Kier molecular flexibility index (Phi) is 6.32.